The Balaban J connectivity index is 0.000000164. The number of hydrogen-bond acceptors (Lipinski definition) is 12. The average Bonchev–Trinajstić information content (AvgIpc) is 4.26. The smallest absolute Gasteiger partial charge is 0.337 e. The fourth-order valence-corrected chi connectivity index (χ4v) is 11.8. The van der Waals surface area contributed by atoms with Crippen LogP contribution in [0.4, 0.5) is 0 Å². The molecule has 4 fully saturated rings. The molecule has 0 spiro atoms. The minimum atomic E-state index is -0.347. The lowest BCUT2D eigenvalue weighted by Crippen LogP contribution is -2.24. The first-order chi connectivity index (χ1) is 37.3. The van der Waals surface area contributed by atoms with Gasteiger partial charge in [0, 0.05) is 21.9 Å². The second-order valence-corrected chi connectivity index (χ2v) is 21.9. The Hall–Kier alpha value is -6.52. The van der Waals surface area contributed by atoms with Crippen LogP contribution in [0.2, 0.25) is 30.1 Å². The van der Waals surface area contributed by atoms with E-state index in [2.05, 4.69) is 10.3 Å². The first kappa shape index (κ1) is 52.5. The molecule has 0 aliphatic heterocycles. The van der Waals surface area contributed by atoms with Gasteiger partial charge in [0.2, 0.25) is 0 Å². The van der Waals surface area contributed by atoms with E-state index in [0.29, 0.717) is 77.2 Å². The second kappa shape index (κ2) is 22.1. The highest BCUT2D eigenvalue weighted by Gasteiger charge is 2.42. The van der Waals surface area contributed by atoms with Crippen LogP contribution in [0.1, 0.15) is 129 Å². The Bertz CT molecular complexity index is 3540. The molecule has 4 aromatic carbocycles. The molecule has 14 nitrogen and oxygen atoms in total. The highest BCUT2D eigenvalue weighted by Crippen LogP contribution is 2.58. The number of methoxy groups -OCH3 is 1. The first-order valence-corrected chi connectivity index (χ1v) is 26.9. The normalized spacial score (nSPS) is 18.2. The lowest BCUT2D eigenvalue weighted by Gasteiger charge is -2.11. The number of benzene rings is 4. The van der Waals surface area contributed by atoms with Gasteiger partial charge < -0.3 is 38.4 Å². The molecule has 8 aromatic rings. The van der Waals surface area contributed by atoms with Crippen LogP contribution in [0, 0.1) is 10.4 Å². The van der Waals surface area contributed by atoms with Crippen LogP contribution in [0.25, 0.3) is 22.5 Å². The average molecular weight is 1160 g/mol. The molecule has 0 bridgehead atoms. The molecular formula is C57H44Cl6N4O10. The molecular weight excluding hydrogens is 1110 g/mol. The summed E-state index contributed by atoms with van der Waals surface area (Å²) in [6.07, 6.45) is 10.8. The Kier molecular flexibility index (Phi) is 15.1. The number of carbonyl (C=O) groups is 2. The number of halogens is 6. The van der Waals surface area contributed by atoms with Crippen molar-refractivity contribution < 1.29 is 47.0 Å². The minimum Gasteiger partial charge on any atom is -0.619 e. The number of ether oxygens (including phenoxy) is 4. The largest absolute Gasteiger partial charge is 0.619 e. The van der Waals surface area contributed by atoms with Crippen molar-refractivity contribution in [3.8, 4) is 39.8 Å². The third-order valence-corrected chi connectivity index (χ3v) is 16.0. The summed E-state index contributed by atoms with van der Waals surface area (Å²) in [5.41, 5.74) is 8.12. The Morgan fingerprint density at radius 3 is 1.48 bits per heavy atom. The van der Waals surface area contributed by atoms with Crippen LogP contribution < -0.4 is 23.7 Å². The van der Waals surface area contributed by atoms with Gasteiger partial charge in [-0.05, 0) is 133 Å². The van der Waals surface area contributed by atoms with E-state index in [9.17, 15) is 20.0 Å². The molecule has 4 atom stereocenters. The number of aromatic nitrogens is 4. The van der Waals surface area contributed by atoms with Gasteiger partial charge in [0.05, 0.1) is 34.9 Å². The molecule has 0 N–H and O–H groups in total. The summed E-state index contributed by atoms with van der Waals surface area (Å²) in [5.74, 6) is 4.55. The van der Waals surface area contributed by atoms with Crippen LogP contribution in [0.3, 0.4) is 0 Å². The van der Waals surface area contributed by atoms with Crippen LogP contribution >= 0.6 is 69.6 Å². The van der Waals surface area contributed by atoms with Gasteiger partial charge in [0.1, 0.15) is 73.5 Å². The fourth-order valence-electron chi connectivity index (χ4n) is 9.92. The van der Waals surface area contributed by atoms with Crippen molar-refractivity contribution in [1.82, 2.24) is 10.3 Å². The SMILES string of the molecule is COC(=O)c1cccc(C2CC2c2ccc(OCc3c(-c4c(Cl)c[n+]([O-])cc4Cl)noc3C3CC3)cc2Cl)c1.O=COc1cccc(C2CC2c2ccc(OCc3c(-c4c(Cl)c[n+]([O-])cc4Cl)noc3C3CC3)cc2Cl)c1. The molecule has 20 heteroatoms. The molecule has 0 radical (unpaired) electrons. The van der Waals surface area contributed by atoms with E-state index in [1.807, 2.05) is 72.8 Å². The predicted octanol–water partition coefficient (Wildman–Crippen LogP) is 14.6. The van der Waals surface area contributed by atoms with Crippen LogP contribution in [-0.4, -0.2) is 29.9 Å². The van der Waals surface area contributed by atoms with Gasteiger partial charge in [-0.25, -0.2) is 4.79 Å². The van der Waals surface area contributed by atoms with E-state index in [1.165, 1.54) is 31.9 Å². The minimum absolute atomic E-state index is 0.172. The molecule has 4 aromatic heterocycles. The van der Waals surface area contributed by atoms with Gasteiger partial charge in [-0.15, -0.1) is 0 Å². The molecule has 4 saturated carbocycles. The summed E-state index contributed by atoms with van der Waals surface area (Å²) in [5, 5.41) is 33.9. The summed E-state index contributed by atoms with van der Waals surface area (Å²) < 4.78 is 34.6. The van der Waals surface area contributed by atoms with Gasteiger partial charge >= 0.3 is 5.97 Å². The van der Waals surface area contributed by atoms with Crippen molar-refractivity contribution in [1.29, 1.82) is 0 Å². The molecule has 77 heavy (non-hydrogen) atoms. The first-order valence-electron chi connectivity index (χ1n) is 24.6. The highest BCUT2D eigenvalue weighted by molar-refractivity contribution is 6.39. The van der Waals surface area contributed by atoms with E-state index in [1.54, 1.807) is 12.1 Å². The number of nitrogens with zero attached hydrogens (tertiary/aromatic N) is 4. The van der Waals surface area contributed by atoms with Crippen molar-refractivity contribution in [3.63, 3.8) is 0 Å². The summed E-state index contributed by atoms with van der Waals surface area (Å²) in [7, 11) is 1.38. The van der Waals surface area contributed by atoms with Gasteiger partial charge in [-0.2, -0.15) is 9.46 Å². The van der Waals surface area contributed by atoms with Crippen molar-refractivity contribution in [2.24, 2.45) is 0 Å². The lowest BCUT2D eigenvalue weighted by molar-refractivity contribution is -0.605. The summed E-state index contributed by atoms with van der Waals surface area (Å²) in [6, 6.07) is 26.5. The van der Waals surface area contributed by atoms with Gasteiger partial charge in [-0.1, -0.05) is 116 Å². The maximum Gasteiger partial charge on any atom is 0.337 e. The number of hydrogen-bond donors (Lipinski definition) is 0. The van der Waals surface area contributed by atoms with Gasteiger partial charge in [-0.3, -0.25) is 4.79 Å². The number of pyridine rings is 2. The van der Waals surface area contributed by atoms with Crippen molar-refractivity contribution in [2.45, 2.75) is 87.2 Å². The quantitative estimate of drug-likeness (QED) is 0.0365. The Morgan fingerprint density at radius 1 is 0.597 bits per heavy atom. The van der Waals surface area contributed by atoms with E-state index < -0.39 is 0 Å². The molecule has 4 heterocycles. The van der Waals surface area contributed by atoms with E-state index in [4.69, 9.17) is 97.6 Å². The molecule has 12 rings (SSSR count). The topological polar surface area (TPSA) is 177 Å². The molecule has 0 saturated heterocycles. The third-order valence-electron chi connectivity index (χ3n) is 14.2. The van der Waals surface area contributed by atoms with Crippen LogP contribution in [-0.2, 0) is 22.7 Å². The zero-order valence-electron chi connectivity index (χ0n) is 40.7. The number of rotatable bonds is 17. The lowest BCUT2D eigenvalue weighted by atomic mass is 10.0. The molecule has 4 unspecified atom stereocenters. The third kappa shape index (κ3) is 11.4. The summed E-state index contributed by atoms with van der Waals surface area (Å²) >= 11 is 38.8. The zero-order valence-corrected chi connectivity index (χ0v) is 45.3. The monoisotopic (exact) mass is 1150 g/mol. The number of carbonyl (C=O) groups excluding carboxylic acids is 2. The maximum atomic E-state index is 11.9. The Morgan fingerprint density at radius 2 is 1.05 bits per heavy atom. The fraction of sp³-hybridized carbons (Fsp3) is 0.263. The number of esters is 1. The molecule has 394 valence electrons. The van der Waals surface area contributed by atoms with E-state index >= 15 is 0 Å². The van der Waals surface area contributed by atoms with E-state index in [0.717, 1.165) is 83.4 Å². The van der Waals surface area contributed by atoms with Crippen LogP contribution in [0.5, 0.6) is 17.2 Å². The van der Waals surface area contributed by atoms with Crippen molar-refractivity contribution in [3.05, 3.63) is 201 Å². The van der Waals surface area contributed by atoms with Gasteiger partial charge in [0.15, 0.2) is 24.8 Å². The standard InChI is InChI=1S/C29H23Cl3N2O5.C28H21Cl3N2O5/c1-37-29(35)17-4-2-3-16(9-17)20-11-21(20)19-8-7-18(10-23(19)30)38-14-22-27(33-39-28(22)15-5-6-15)26-24(31)12-34(36)13-25(26)32;29-23-9-18(6-7-19(23)21-10-20(21)16-2-1-3-17(8-16)37-14-34)36-13-22-27(32-38-28(22)15-4-5-15)26-24(30)11-33(35)12-25(26)31/h2-4,7-10,12-13,15,20-21H,5-6,11,14H2,1H3;1-3,6-9,11-12,14-15,20-21H,4-5,10,13H2. The molecule has 0 amide bonds. The molecule has 4 aliphatic carbocycles. The van der Waals surface area contributed by atoms with Crippen molar-refractivity contribution in [2.75, 3.05) is 7.11 Å². The predicted molar refractivity (Wildman–Crippen MR) is 288 cm³/mol. The summed E-state index contributed by atoms with van der Waals surface area (Å²) in [4.78, 5) is 22.6. The zero-order chi connectivity index (χ0) is 53.6. The summed E-state index contributed by atoms with van der Waals surface area (Å²) in [6.45, 7) is 0.778. The maximum absolute atomic E-state index is 11.9. The molecule has 4 aliphatic rings. The Labute approximate surface area is 471 Å². The van der Waals surface area contributed by atoms with Gasteiger partial charge in [0.25, 0.3) is 6.47 Å². The second-order valence-electron chi connectivity index (χ2n) is 19.4. The highest BCUT2D eigenvalue weighted by atomic mass is 35.5. The van der Waals surface area contributed by atoms with Crippen molar-refractivity contribution >= 4 is 82.0 Å². The van der Waals surface area contributed by atoms with E-state index in [-0.39, 0.29) is 68.9 Å². The van der Waals surface area contributed by atoms with Crippen LogP contribution in [0.15, 0.2) is 119 Å².